The van der Waals surface area contributed by atoms with Gasteiger partial charge in [0, 0.05) is 19.1 Å². The van der Waals surface area contributed by atoms with E-state index < -0.39 is 0 Å². The second-order valence-electron chi connectivity index (χ2n) is 3.81. The first-order valence-electron chi connectivity index (χ1n) is 5.44. The summed E-state index contributed by atoms with van der Waals surface area (Å²) in [5.74, 6) is 0. The molecular weight excluding hydrogens is 192 g/mol. The maximum absolute atomic E-state index is 10.9. The van der Waals surface area contributed by atoms with Crippen molar-refractivity contribution < 1.29 is 9.53 Å². The number of carbonyl (C=O) groups excluding carboxylic acids is 1. The van der Waals surface area contributed by atoms with Crippen LogP contribution in [0.3, 0.4) is 0 Å². The minimum absolute atomic E-state index is 0.348. The van der Waals surface area contributed by atoms with Crippen LogP contribution in [0.4, 0.5) is 4.79 Å². The van der Waals surface area contributed by atoms with Crippen molar-refractivity contribution in [3.8, 4) is 0 Å². The van der Waals surface area contributed by atoms with E-state index in [0.29, 0.717) is 12.6 Å². The number of likely N-dealkylation sites (tertiary alicyclic amines) is 1. The fourth-order valence-corrected chi connectivity index (χ4v) is 1.97. The molecule has 1 rings (SSSR count). The fraction of sp³-hybridized carbons (Fsp3) is 0.727. The molecule has 0 saturated carbocycles. The van der Waals surface area contributed by atoms with Crippen LogP contribution in [-0.2, 0) is 4.74 Å². The van der Waals surface area contributed by atoms with Gasteiger partial charge in [-0.3, -0.25) is 4.90 Å². The molecule has 0 aromatic carbocycles. The predicted octanol–water partition coefficient (Wildman–Crippen LogP) is 1.38. The third-order valence-electron chi connectivity index (χ3n) is 2.78. The molecule has 4 heteroatoms. The molecule has 1 aliphatic heterocycles. The van der Waals surface area contributed by atoms with Gasteiger partial charge >= 0.3 is 6.09 Å². The van der Waals surface area contributed by atoms with E-state index in [9.17, 15) is 4.79 Å². The second-order valence-corrected chi connectivity index (χ2v) is 3.81. The van der Waals surface area contributed by atoms with E-state index in [1.807, 2.05) is 6.08 Å². The standard InChI is InChI=1S/C11H20N2O2/c1-3-7-13-8-5-4-6-10(13)9-12-11(14)15-2/h3,10H,1,4-9H2,2H3,(H,12,14). The van der Waals surface area contributed by atoms with Crippen LogP contribution >= 0.6 is 0 Å². The number of amides is 1. The number of ether oxygens (including phenoxy) is 1. The highest BCUT2D eigenvalue weighted by Crippen LogP contribution is 2.15. The highest BCUT2D eigenvalue weighted by atomic mass is 16.5. The van der Waals surface area contributed by atoms with E-state index in [0.717, 1.165) is 19.5 Å². The van der Waals surface area contributed by atoms with Gasteiger partial charge in [-0.1, -0.05) is 12.5 Å². The van der Waals surface area contributed by atoms with Crippen molar-refractivity contribution in [3.05, 3.63) is 12.7 Å². The van der Waals surface area contributed by atoms with E-state index in [1.54, 1.807) is 0 Å². The van der Waals surface area contributed by atoms with Gasteiger partial charge in [0.15, 0.2) is 0 Å². The lowest BCUT2D eigenvalue weighted by molar-refractivity contribution is 0.144. The third kappa shape index (κ3) is 3.91. The summed E-state index contributed by atoms with van der Waals surface area (Å²) < 4.78 is 4.55. The Hall–Kier alpha value is -1.03. The molecule has 1 heterocycles. The number of rotatable bonds is 4. The van der Waals surface area contributed by atoms with Crippen LogP contribution in [0.2, 0.25) is 0 Å². The number of nitrogens with zero attached hydrogens (tertiary/aromatic N) is 1. The van der Waals surface area contributed by atoms with E-state index in [4.69, 9.17) is 0 Å². The minimum atomic E-state index is -0.348. The summed E-state index contributed by atoms with van der Waals surface area (Å²) in [5.41, 5.74) is 0. The fourth-order valence-electron chi connectivity index (χ4n) is 1.97. The topological polar surface area (TPSA) is 41.6 Å². The SMILES string of the molecule is C=CCN1CCCCC1CNC(=O)OC. The zero-order valence-electron chi connectivity index (χ0n) is 9.37. The minimum Gasteiger partial charge on any atom is -0.453 e. The summed E-state index contributed by atoms with van der Waals surface area (Å²) in [7, 11) is 1.39. The number of hydrogen-bond acceptors (Lipinski definition) is 3. The highest BCUT2D eigenvalue weighted by Gasteiger charge is 2.21. The van der Waals surface area contributed by atoms with Crippen LogP contribution in [0, 0.1) is 0 Å². The average Bonchev–Trinajstić information content (AvgIpc) is 2.28. The van der Waals surface area contributed by atoms with Crippen LogP contribution in [0.1, 0.15) is 19.3 Å². The van der Waals surface area contributed by atoms with Gasteiger partial charge in [-0.2, -0.15) is 0 Å². The van der Waals surface area contributed by atoms with Crippen molar-refractivity contribution in [2.24, 2.45) is 0 Å². The Bertz CT molecular complexity index is 219. The molecule has 1 N–H and O–H groups in total. The summed E-state index contributed by atoms with van der Waals surface area (Å²) in [4.78, 5) is 13.3. The van der Waals surface area contributed by atoms with E-state index in [-0.39, 0.29) is 6.09 Å². The molecule has 1 fully saturated rings. The van der Waals surface area contributed by atoms with Crippen molar-refractivity contribution in [2.75, 3.05) is 26.7 Å². The number of alkyl carbamates (subject to hydrolysis) is 1. The summed E-state index contributed by atoms with van der Waals surface area (Å²) in [5, 5.41) is 2.75. The van der Waals surface area contributed by atoms with Gasteiger partial charge in [0.05, 0.1) is 7.11 Å². The molecule has 15 heavy (non-hydrogen) atoms. The average molecular weight is 212 g/mol. The third-order valence-corrected chi connectivity index (χ3v) is 2.78. The first-order valence-corrected chi connectivity index (χ1v) is 5.44. The van der Waals surface area contributed by atoms with Crippen LogP contribution in [0.15, 0.2) is 12.7 Å². The summed E-state index contributed by atoms with van der Waals surface area (Å²) in [6.07, 6.45) is 5.18. The molecule has 86 valence electrons. The smallest absolute Gasteiger partial charge is 0.406 e. The number of carbonyl (C=O) groups is 1. The van der Waals surface area contributed by atoms with Gasteiger partial charge in [-0.05, 0) is 19.4 Å². The highest BCUT2D eigenvalue weighted by molar-refractivity contribution is 5.66. The lowest BCUT2D eigenvalue weighted by Crippen LogP contribution is -2.46. The first-order chi connectivity index (χ1) is 7.27. The Morgan fingerprint density at radius 3 is 3.13 bits per heavy atom. The number of piperidine rings is 1. The van der Waals surface area contributed by atoms with Gasteiger partial charge in [0.1, 0.15) is 0 Å². The second kappa shape index (κ2) is 6.45. The quantitative estimate of drug-likeness (QED) is 0.716. The summed E-state index contributed by atoms with van der Waals surface area (Å²) in [6.45, 7) is 6.41. The lowest BCUT2D eigenvalue weighted by atomic mass is 10.0. The van der Waals surface area contributed by atoms with Crippen LogP contribution in [0.25, 0.3) is 0 Å². The molecule has 0 aromatic rings. The van der Waals surface area contributed by atoms with Gasteiger partial charge in [0.25, 0.3) is 0 Å². The molecule has 0 aliphatic carbocycles. The zero-order chi connectivity index (χ0) is 11.1. The number of nitrogens with one attached hydrogen (secondary N) is 1. The Balaban J connectivity index is 2.35. The molecule has 1 atom stereocenters. The Morgan fingerprint density at radius 2 is 2.47 bits per heavy atom. The zero-order valence-corrected chi connectivity index (χ0v) is 9.37. The Morgan fingerprint density at radius 1 is 1.67 bits per heavy atom. The molecular formula is C11H20N2O2. The molecule has 0 radical (unpaired) electrons. The monoisotopic (exact) mass is 212 g/mol. The van der Waals surface area contributed by atoms with E-state index in [2.05, 4.69) is 21.5 Å². The molecule has 4 nitrogen and oxygen atoms in total. The number of hydrogen-bond donors (Lipinski definition) is 1. The van der Waals surface area contributed by atoms with Crippen LogP contribution in [0.5, 0.6) is 0 Å². The summed E-state index contributed by atoms with van der Waals surface area (Å²) in [6, 6.07) is 0.427. The molecule has 1 amide bonds. The van der Waals surface area contributed by atoms with E-state index >= 15 is 0 Å². The lowest BCUT2D eigenvalue weighted by Gasteiger charge is -2.34. The molecule has 1 saturated heterocycles. The maximum atomic E-state index is 10.9. The van der Waals surface area contributed by atoms with Crippen molar-refractivity contribution in [1.82, 2.24) is 10.2 Å². The van der Waals surface area contributed by atoms with Gasteiger partial charge < -0.3 is 10.1 Å². The molecule has 0 aromatic heterocycles. The van der Waals surface area contributed by atoms with Gasteiger partial charge in [-0.15, -0.1) is 6.58 Å². The molecule has 1 aliphatic rings. The Labute approximate surface area is 91.3 Å². The maximum Gasteiger partial charge on any atom is 0.406 e. The van der Waals surface area contributed by atoms with Gasteiger partial charge in [0.2, 0.25) is 0 Å². The van der Waals surface area contributed by atoms with Crippen molar-refractivity contribution >= 4 is 6.09 Å². The molecule has 0 bridgehead atoms. The van der Waals surface area contributed by atoms with Crippen LogP contribution < -0.4 is 5.32 Å². The molecule has 1 unspecified atom stereocenters. The predicted molar refractivity (Wildman–Crippen MR) is 59.8 cm³/mol. The van der Waals surface area contributed by atoms with Crippen molar-refractivity contribution in [3.63, 3.8) is 0 Å². The van der Waals surface area contributed by atoms with Crippen molar-refractivity contribution in [1.29, 1.82) is 0 Å². The largest absolute Gasteiger partial charge is 0.453 e. The van der Waals surface area contributed by atoms with Crippen LogP contribution in [-0.4, -0.2) is 43.8 Å². The molecule has 0 spiro atoms. The Kier molecular flexibility index (Phi) is 5.18. The number of methoxy groups -OCH3 is 1. The van der Waals surface area contributed by atoms with Crippen molar-refractivity contribution in [2.45, 2.75) is 25.3 Å². The van der Waals surface area contributed by atoms with Gasteiger partial charge in [-0.25, -0.2) is 4.79 Å². The normalized spacial score (nSPS) is 22.1. The first kappa shape index (κ1) is 12.0. The summed E-state index contributed by atoms with van der Waals surface area (Å²) >= 11 is 0. The van der Waals surface area contributed by atoms with E-state index in [1.165, 1.54) is 20.0 Å².